The van der Waals surface area contributed by atoms with Gasteiger partial charge in [-0.1, -0.05) is 53.1 Å². The Kier molecular flexibility index (Phi) is 13.1. The summed E-state index contributed by atoms with van der Waals surface area (Å²) in [4.78, 5) is 0. The molecule has 0 saturated heterocycles. The Morgan fingerprint density at radius 1 is 0.479 bits per heavy atom. The quantitative estimate of drug-likeness (QED) is 0.137. The van der Waals surface area contributed by atoms with Crippen LogP contribution in [0.5, 0.6) is 0 Å². The summed E-state index contributed by atoms with van der Waals surface area (Å²) in [5, 5.41) is 15.7. The van der Waals surface area contributed by atoms with Crippen molar-refractivity contribution in [1.29, 1.82) is 0 Å². The number of hydrogen-bond acceptors (Lipinski definition) is 4. The molecule has 0 aliphatic rings. The van der Waals surface area contributed by atoms with E-state index in [1.54, 1.807) is 0 Å². The van der Waals surface area contributed by atoms with Crippen LogP contribution in [-0.2, 0) is 17.1 Å². The van der Waals surface area contributed by atoms with Gasteiger partial charge in [-0.05, 0) is 132 Å². The van der Waals surface area contributed by atoms with Gasteiger partial charge in [0.15, 0.2) is 0 Å². The average molecular weight is 733 g/mol. The van der Waals surface area contributed by atoms with Crippen LogP contribution in [0.4, 0.5) is 0 Å². The van der Waals surface area contributed by atoms with E-state index in [1.807, 2.05) is 13.8 Å². The second kappa shape index (κ2) is 16.2. The molecule has 255 valence electrons. The predicted molar refractivity (Wildman–Crippen MR) is 201 cm³/mol. The van der Waals surface area contributed by atoms with Crippen molar-refractivity contribution in [2.45, 2.75) is 62.3 Å². The standard InChI is InChI=1S/C36H40BN6.CH2Cl2.Cu.H3N/c1-22-16-25(4)34(26(5)17-22)31-10-13-41(38-31)37(42-14-11-32(39-42)35-27(6)18-23(2)19-28(35)7)43-15-12-33(40-43)36-29(8)20-24(3)21-30(36)9;2-1-3;;/h10-21,37H,1-9H3;1H2;;1H3/q-1;;+2;. The smallest absolute Gasteiger partial charge is 0.402 e. The Labute approximate surface area is 305 Å². The first-order valence-electron chi connectivity index (χ1n) is 15.6. The van der Waals surface area contributed by atoms with Gasteiger partial charge in [0.05, 0.1) is 22.4 Å². The summed E-state index contributed by atoms with van der Waals surface area (Å²) in [5.74, 6) is 0. The molecule has 3 heterocycles. The zero-order valence-electron chi connectivity index (χ0n) is 29.3. The first-order valence-corrected chi connectivity index (χ1v) is 16.7. The summed E-state index contributed by atoms with van der Waals surface area (Å²) in [6.45, 7) is 19.4. The molecule has 3 N–H and O–H groups in total. The van der Waals surface area contributed by atoms with Crippen LogP contribution >= 0.6 is 23.2 Å². The minimum absolute atomic E-state index is 0. The van der Waals surface area contributed by atoms with Gasteiger partial charge in [-0.3, -0.25) is 0 Å². The maximum atomic E-state index is 5.17. The zero-order chi connectivity index (χ0) is 33.3. The van der Waals surface area contributed by atoms with Crippen molar-refractivity contribution in [3.8, 4) is 33.8 Å². The SMILES string of the molecule is Cc1cc(C)c(-c2ccn([BH-](n3ccc(-c4c(C)cc(C)cc4C)n3)n3ccc(-c4c(C)cc(C)cc4C)n3)n2)c(C)c1.ClCCl.N.[Cu+2]. The Balaban J connectivity index is 0.00000121. The summed E-state index contributed by atoms with van der Waals surface area (Å²) >= 11 is 9.53. The van der Waals surface area contributed by atoms with Crippen LogP contribution < -0.4 is 6.15 Å². The first-order chi connectivity index (χ1) is 21.9. The molecule has 0 bridgehead atoms. The molecule has 6 rings (SSSR count). The van der Waals surface area contributed by atoms with Crippen LogP contribution in [0.3, 0.4) is 0 Å². The van der Waals surface area contributed by atoms with E-state index < -0.39 is 7.12 Å². The van der Waals surface area contributed by atoms with Crippen molar-refractivity contribution >= 4 is 30.3 Å². The molecule has 11 heteroatoms. The molecular weight excluding hydrogens is 688 g/mol. The molecule has 0 spiro atoms. The number of halogens is 2. The molecule has 0 fully saturated rings. The fourth-order valence-corrected chi connectivity index (χ4v) is 7.16. The molecule has 0 amide bonds. The van der Waals surface area contributed by atoms with Gasteiger partial charge in [0.25, 0.3) is 0 Å². The molecule has 6 aromatic rings. The van der Waals surface area contributed by atoms with Crippen molar-refractivity contribution in [2.75, 3.05) is 5.34 Å². The summed E-state index contributed by atoms with van der Waals surface area (Å²) in [5.41, 5.74) is 17.6. The Morgan fingerprint density at radius 3 is 0.896 bits per heavy atom. The molecule has 0 aliphatic heterocycles. The van der Waals surface area contributed by atoms with Gasteiger partial charge >= 0.3 is 24.2 Å². The predicted octanol–water partition coefficient (Wildman–Crippen LogP) is 9.30. The molecule has 1 radical (unpaired) electrons. The van der Waals surface area contributed by atoms with Crippen molar-refractivity contribution in [1.82, 2.24) is 35.2 Å². The topological polar surface area (TPSA) is 88.5 Å². The monoisotopic (exact) mass is 731 g/mol. The van der Waals surface area contributed by atoms with Crippen molar-refractivity contribution in [3.63, 3.8) is 0 Å². The summed E-state index contributed by atoms with van der Waals surface area (Å²) in [6, 6.07) is 19.7. The summed E-state index contributed by atoms with van der Waals surface area (Å²) < 4.78 is 6.14. The van der Waals surface area contributed by atoms with Gasteiger partial charge in [-0.15, -0.1) is 23.2 Å². The fraction of sp³-hybridized carbons (Fsp3) is 0.270. The number of rotatable bonds is 6. The number of aryl methyl sites for hydroxylation is 9. The average Bonchev–Trinajstić information content (AvgIpc) is 3.71. The molecular formula is C37H45BCl2CuN7+. The van der Waals surface area contributed by atoms with Gasteiger partial charge in [-0.2, -0.15) is 0 Å². The van der Waals surface area contributed by atoms with Gasteiger partial charge in [0.2, 0.25) is 0 Å². The summed E-state index contributed by atoms with van der Waals surface area (Å²) in [7, 11) is -1.57. The van der Waals surface area contributed by atoms with E-state index in [0.717, 1.165) is 17.1 Å². The first kappa shape index (κ1) is 38.9. The molecule has 3 aromatic heterocycles. The number of hydrogen-bond donors (Lipinski definition) is 1. The second-order valence-electron chi connectivity index (χ2n) is 12.6. The normalized spacial score (nSPS) is 10.8. The molecule has 48 heavy (non-hydrogen) atoms. The van der Waals surface area contributed by atoms with E-state index in [-0.39, 0.29) is 28.6 Å². The number of benzene rings is 3. The maximum absolute atomic E-state index is 5.17. The van der Waals surface area contributed by atoms with Crippen LogP contribution in [0, 0.1) is 62.3 Å². The zero-order valence-corrected chi connectivity index (χ0v) is 31.7. The van der Waals surface area contributed by atoms with Crippen molar-refractivity contribution < 1.29 is 17.1 Å². The van der Waals surface area contributed by atoms with Crippen LogP contribution in [0.15, 0.2) is 73.2 Å². The van der Waals surface area contributed by atoms with Gasteiger partial charge in [0, 0.05) is 16.7 Å². The van der Waals surface area contributed by atoms with Gasteiger partial charge in [-0.25, -0.2) is 15.3 Å². The van der Waals surface area contributed by atoms with Crippen LogP contribution in [-0.4, -0.2) is 41.5 Å². The van der Waals surface area contributed by atoms with Crippen LogP contribution in [0.2, 0.25) is 0 Å². The number of nitrogens with zero attached hydrogens (tertiary/aromatic N) is 6. The Bertz CT molecular complexity index is 1730. The molecule has 0 atom stereocenters. The summed E-state index contributed by atoms with van der Waals surface area (Å²) in [6.07, 6.45) is 6.21. The molecule has 0 unspecified atom stereocenters. The molecule has 0 saturated carbocycles. The Morgan fingerprint density at radius 2 is 0.688 bits per heavy atom. The van der Waals surface area contributed by atoms with Gasteiger partial charge in [0.1, 0.15) is 0 Å². The fourth-order valence-electron chi connectivity index (χ4n) is 7.16. The maximum Gasteiger partial charge on any atom is 2.00 e. The van der Waals surface area contributed by atoms with E-state index in [2.05, 4.69) is 136 Å². The van der Waals surface area contributed by atoms with Crippen molar-refractivity contribution in [2.24, 2.45) is 0 Å². The van der Waals surface area contributed by atoms with Crippen LogP contribution in [0.1, 0.15) is 50.1 Å². The molecule has 7 nitrogen and oxygen atoms in total. The van der Waals surface area contributed by atoms with Crippen LogP contribution in [0.25, 0.3) is 33.8 Å². The van der Waals surface area contributed by atoms with Gasteiger partial charge < -0.3 is 19.9 Å². The third-order valence-corrected chi connectivity index (χ3v) is 8.59. The molecule has 0 aliphatic carbocycles. The molecule has 3 aromatic carbocycles. The van der Waals surface area contributed by atoms with E-state index in [0.29, 0.717) is 0 Å². The van der Waals surface area contributed by atoms with E-state index in [1.165, 1.54) is 66.8 Å². The number of aromatic nitrogens is 6. The third kappa shape index (κ3) is 7.99. The van der Waals surface area contributed by atoms with E-state index in [4.69, 9.17) is 38.5 Å². The van der Waals surface area contributed by atoms with E-state index in [9.17, 15) is 0 Å². The minimum atomic E-state index is -1.57. The van der Waals surface area contributed by atoms with E-state index >= 15 is 0 Å². The second-order valence-corrected chi connectivity index (χ2v) is 13.4. The largest absolute Gasteiger partial charge is 2.00 e. The minimum Gasteiger partial charge on any atom is -0.402 e. The third-order valence-electron chi connectivity index (χ3n) is 8.59. The number of alkyl halides is 2. The van der Waals surface area contributed by atoms with Crippen molar-refractivity contribution in [3.05, 3.63) is 123 Å². The Hall–Kier alpha value is -3.59.